The first-order valence-corrected chi connectivity index (χ1v) is 12.8. The third kappa shape index (κ3) is 6.52. The molecule has 0 radical (unpaired) electrons. The van der Waals surface area contributed by atoms with Gasteiger partial charge in [-0.15, -0.1) is 0 Å². The van der Waals surface area contributed by atoms with Crippen LogP contribution in [0.1, 0.15) is 50.0 Å². The number of nitrogens with two attached hydrogens (primary N) is 1. The van der Waals surface area contributed by atoms with Crippen molar-refractivity contribution >= 4 is 38.4 Å². The molecule has 10 nitrogen and oxygen atoms in total. The second-order valence-corrected chi connectivity index (χ2v) is 9.65. The molecular formula is C24H28N4O6S. The number of esters is 1. The quantitative estimate of drug-likeness (QED) is 0.321. The Bertz CT molecular complexity index is 1380. The van der Waals surface area contributed by atoms with Crippen molar-refractivity contribution in [2.45, 2.75) is 57.1 Å². The van der Waals surface area contributed by atoms with Crippen molar-refractivity contribution in [1.82, 2.24) is 9.78 Å². The van der Waals surface area contributed by atoms with Gasteiger partial charge < -0.3 is 10.1 Å². The summed E-state index contributed by atoms with van der Waals surface area (Å²) in [4.78, 5) is 38.2. The topological polar surface area (TPSA) is 150 Å². The number of primary sulfonamides is 1. The molecule has 1 amide bonds. The van der Waals surface area contributed by atoms with E-state index >= 15 is 0 Å². The van der Waals surface area contributed by atoms with Crippen LogP contribution in [0.3, 0.4) is 0 Å². The maximum atomic E-state index is 13.0. The molecule has 3 aromatic rings. The second-order valence-electron chi connectivity index (χ2n) is 8.09. The van der Waals surface area contributed by atoms with E-state index in [1.807, 2.05) is 0 Å². The molecule has 0 spiro atoms. The molecule has 0 saturated heterocycles. The lowest BCUT2D eigenvalue weighted by Gasteiger charge is -2.15. The number of amides is 1. The molecule has 3 rings (SSSR count). The average molecular weight is 501 g/mol. The van der Waals surface area contributed by atoms with E-state index < -0.39 is 28.0 Å². The molecule has 1 heterocycles. The van der Waals surface area contributed by atoms with E-state index in [1.165, 1.54) is 35.9 Å². The van der Waals surface area contributed by atoms with Gasteiger partial charge in [0.25, 0.3) is 11.5 Å². The minimum absolute atomic E-state index is 0.0483. The summed E-state index contributed by atoms with van der Waals surface area (Å²) >= 11 is 0. The molecule has 11 heteroatoms. The first kappa shape index (κ1) is 26.0. The van der Waals surface area contributed by atoms with Crippen LogP contribution in [-0.4, -0.2) is 36.2 Å². The van der Waals surface area contributed by atoms with Gasteiger partial charge in [-0.05, 0) is 43.7 Å². The smallest absolute Gasteiger partial charge is 0.360 e. The predicted molar refractivity (Wildman–Crippen MR) is 131 cm³/mol. The van der Waals surface area contributed by atoms with E-state index in [2.05, 4.69) is 17.3 Å². The summed E-state index contributed by atoms with van der Waals surface area (Å²) in [7, 11) is -3.86. The zero-order valence-corrected chi connectivity index (χ0v) is 20.4. The Balaban J connectivity index is 1.77. The number of ether oxygens (including phenoxy) is 1. The Hall–Kier alpha value is -3.57. The van der Waals surface area contributed by atoms with Gasteiger partial charge >= 0.3 is 5.97 Å². The lowest BCUT2D eigenvalue weighted by Crippen LogP contribution is -2.32. The monoisotopic (exact) mass is 500 g/mol. The molecule has 1 unspecified atom stereocenters. The van der Waals surface area contributed by atoms with E-state index in [0.717, 1.165) is 25.7 Å². The van der Waals surface area contributed by atoms with Gasteiger partial charge in [0.1, 0.15) is 0 Å². The highest BCUT2D eigenvalue weighted by molar-refractivity contribution is 7.89. The lowest BCUT2D eigenvalue weighted by molar-refractivity contribution is -0.123. The Morgan fingerprint density at radius 1 is 1.06 bits per heavy atom. The van der Waals surface area contributed by atoms with Crippen molar-refractivity contribution in [3.63, 3.8) is 0 Å². The van der Waals surface area contributed by atoms with Crippen molar-refractivity contribution in [3.8, 4) is 0 Å². The second kappa shape index (κ2) is 11.2. The maximum Gasteiger partial charge on any atom is 0.360 e. The molecule has 1 aromatic heterocycles. The number of aromatic nitrogens is 2. The third-order valence-corrected chi connectivity index (χ3v) is 6.32. The van der Waals surface area contributed by atoms with Gasteiger partial charge in [-0.3, -0.25) is 9.59 Å². The molecule has 0 aliphatic rings. The van der Waals surface area contributed by atoms with Gasteiger partial charge in [0.05, 0.1) is 10.3 Å². The lowest BCUT2D eigenvalue weighted by atomic mass is 10.1. The molecule has 186 valence electrons. The number of nitrogens with zero attached hydrogens (tertiary/aromatic N) is 2. The number of hydrogen-bond donors (Lipinski definition) is 2. The molecule has 0 saturated carbocycles. The number of hydrogen-bond acceptors (Lipinski definition) is 7. The fourth-order valence-electron chi connectivity index (χ4n) is 3.47. The summed E-state index contributed by atoms with van der Waals surface area (Å²) in [6.07, 6.45) is 2.58. The summed E-state index contributed by atoms with van der Waals surface area (Å²) in [5, 5.41) is 12.6. The molecule has 0 aliphatic heterocycles. The predicted octanol–water partition coefficient (Wildman–Crippen LogP) is 2.81. The number of anilines is 1. The minimum atomic E-state index is -3.86. The van der Waals surface area contributed by atoms with Gasteiger partial charge in [0, 0.05) is 17.6 Å². The van der Waals surface area contributed by atoms with Crippen molar-refractivity contribution in [1.29, 1.82) is 0 Å². The van der Waals surface area contributed by atoms with Crippen LogP contribution in [0.2, 0.25) is 0 Å². The normalized spacial score (nSPS) is 12.3. The van der Waals surface area contributed by atoms with Crippen molar-refractivity contribution < 1.29 is 22.7 Å². The summed E-state index contributed by atoms with van der Waals surface area (Å²) in [6.45, 7) is 3.86. The molecule has 2 aromatic carbocycles. The number of unbranched alkanes of at least 4 members (excludes halogenated alkanes) is 3. The van der Waals surface area contributed by atoms with Gasteiger partial charge in [0.2, 0.25) is 10.0 Å². The van der Waals surface area contributed by atoms with Gasteiger partial charge in [-0.25, -0.2) is 23.0 Å². The number of sulfonamides is 1. The van der Waals surface area contributed by atoms with Gasteiger partial charge in [-0.1, -0.05) is 44.4 Å². The van der Waals surface area contributed by atoms with E-state index in [-0.39, 0.29) is 16.1 Å². The van der Waals surface area contributed by atoms with Gasteiger partial charge in [0.15, 0.2) is 11.8 Å². The van der Waals surface area contributed by atoms with Crippen LogP contribution in [0.15, 0.2) is 58.2 Å². The highest BCUT2D eigenvalue weighted by atomic mass is 32.2. The number of carbonyl (C=O) groups is 2. The van der Waals surface area contributed by atoms with Crippen LogP contribution in [0.5, 0.6) is 0 Å². The Kier molecular flexibility index (Phi) is 8.36. The third-order valence-electron chi connectivity index (χ3n) is 5.39. The Morgan fingerprint density at radius 3 is 2.34 bits per heavy atom. The number of aryl methyl sites for hydroxylation is 1. The van der Waals surface area contributed by atoms with Crippen LogP contribution >= 0.6 is 0 Å². The SMILES string of the molecule is CCCCCCn1nc(C(=O)OC(C)C(=O)Nc2ccc(S(N)(=O)=O)cc2)c2ccccc2c1=O. The van der Waals surface area contributed by atoms with E-state index in [0.29, 0.717) is 23.0 Å². The zero-order chi connectivity index (χ0) is 25.6. The zero-order valence-electron chi connectivity index (χ0n) is 19.6. The van der Waals surface area contributed by atoms with Crippen LogP contribution in [0.4, 0.5) is 5.69 Å². The fraction of sp³-hybridized carbons (Fsp3) is 0.333. The standard InChI is InChI=1S/C24H28N4O6S/c1-3-4-5-8-15-28-23(30)20-10-7-6-9-19(20)21(27-28)24(31)34-16(2)22(29)26-17-11-13-18(14-12-17)35(25,32)33/h6-7,9-14,16H,3-5,8,15H2,1-2H3,(H,26,29)(H2,25,32,33). The van der Waals surface area contributed by atoms with E-state index in [1.54, 1.807) is 24.3 Å². The minimum Gasteiger partial charge on any atom is -0.448 e. The first-order valence-electron chi connectivity index (χ1n) is 11.3. The van der Waals surface area contributed by atoms with Crippen molar-refractivity contribution in [2.24, 2.45) is 5.14 Å². The summed E-state index contributed by atoms with van der Waals surface area (Å²) in [6, 6.07) is 11.9. The number of nitrogens with one attached hydrogen (secondary N) is 1. The highest BCUT2D eigenvalue weighted by Gasteiger charge is 2.23. The molecule has 0 aliphatic carbocycles. The van der Waals surface area contributed by atoms with E-state index in [4.69, 9.17) is 9.88 Å². The summed E-state index contributed by atoms with van der Waals surface area (Å²) < 4.78 is 29.3. The molecule has 0 bridgehead atoms. The number of rotatable bonds is 10. The van der Waals surface area contributed by atoms with Crippen LogP contribution < -0.4 is 16.0 Å². The number of fused-ring (bicyclic) bond motifs is 1. The summed E-state index contributed by atoms with van der Waals surface area (Å²) in [5.74, 6) is -1.46. The van der Waals surface area contributed by atoms with Crippen LogP contribution in [0.25, 0.3) is 10.8 Å². The average Bonchev–Trinajstić information content (AvgIpc) is 2.82. The Morgan fingerprint density at radius 2 is 1.71 bits per heavy atom. The highest BCUT2D eigenvalue weighted by Crippen LogP contribution is 2.17. The first-order chi connectivity index (χ1) is 16.6. The van der Waals surface area contributed by atoms with Crippen molar-refractivity contribution in [2.75, 3.05) is 5.32 Å². The fourth-order valence-corrected chi connectivity index (χ4v) is 3.98. The molecule has 1 atom stereocenters. The van der Waals surface area contributed by atoms with Gasteiger partial charge in [-0.2, -0.15) is 5.10 Å². The summed E-state index contributed by atoms with van der Waals surface area (Å²) in [5.41, 5.74) is -0.0373. The largest absolute Gasteiger partial charge is 0.448 e. The molecule has 35 heavy (non-hydrogen) atoms. The van der Waals surface area contributed by atoms with Crippen molar-refractivity contribution in [3.05, 3.63) is 64.6 Å². The van der Waals surface area contributed by atoms with Crippen LogP contribution in [0, 0.1) is 0 Å². The number of carbonyl (C=O) groups excluding carboxylic acids is 2. The molecule has 0 fully saturated rings. The van der Waals surface area contributed by atoms with E-state index in [9.17, 15) is 22.8 Å². The molecular weight excluding hydrogens is 472 g/mol. The number of benzene rings is 2. The van der Waals surface area contributed by atoms with Crippen LogP contribution in [-0.2, 0) is 26.1 Å². The maximum absolute atomic E-state index is 13.0. The Labute approximate surface area is 203 Å². The molecule has 3 N–H and O–H groups in total.